The van der Waals surface area contributed by atoms with Gasteiger partial charge in [-0.05, 0) is 25.1 Å². The van der Waals surface area contributed by atoms with Crippen molar-refractivity contribution in [2.75, 3.05) is 6.54 Å². The van der Waals surface area contributed by atoms with Crippen molar-refractivity contribution in [1.82, 2.24) is 0 Å². The topological polar surface area (TPSA) is 60.2 Å². The number of sulfone groups is 1. The van der Waals surface area contributed by atoms with Gasteiger partial charge in [0.15, 0.2) is 15.1 Å². The maximum absolute atomic E-state index is 13.3. The van der Waals surface area contributed by atoms with Crippen LogP contribution in [0.25, 0.3) is 0 Å². The highest BCUT2D eigenvalue weighted by Gasteiger charge is 2.49. The Morgan fingerprint density at radius 1 is 1.22 bits per heavy atom. The Balaban J connectivity index is 3.31. The van der Waals surface area contributed by atoms with Gasteiger partial charge in [-0.2, -0.15) is 13.2 Å². The van der Waals surface area contributed by atoms with Gasteiger partial charge >= 0.3 is 6.18 Å². The van der Waals surface area contributed by atoms with Crippen LogP contribution >= 0.6 is 0 Å². The van der Waals surface area contributed by atoms with Gasteiger partial charge in [0.1, 0.15) is 10.7 Å². The van der Waals surface area contributed by atoms with Crippen LogP contribution in [-0.2, 0) is 9.84 Å². The van der Waals surface area contributed by atoms with Crippen LogP contribution in [0.4, 0.5) is 17.6 Å². The second kappa shape index (κ2) is 5.23. The van der Waals surface area contributed by atoms with E-state index in [-0.39, 0.29) is 0 Å². The Morgan fingerprint density at radius 3 is 2.22 bits per heavy atom. The largest absolute Gasteiger partial charge is 0.405 e. The van der Waals surface area contributed by atoms with Crippen molar-refractivity contribution in [1.29, 1.82) is 0 Å². The molecule has 0 saturated heterocycles. The van der Waals surface area contributed by atoms with E-state index in [9.17, 15) is 26.0 Å². The van der Waals surface area contributed by atoms with Gasteiger partial charge in [-0.1, -0.05) is 12.1 Å². The third-order valence-electron chi connectivity index (χ3n) is 2.31. The molecular formula is C10H11F4NO2S. The van der Waals surface area contributed by atoms with Gasteiger partial charge in [-0.3, -0.25) is 0 Å². The van der Waals surface area contributed by atoms with Crippen molar-refractivity contribution in [3.05, 3.63) is 30.1 Å². The van der Waals surface area contributed by atoms with E-state index in [2.05, 4.69) is 0 Å². The molecule has 0 amide bonds. The van der Waals surface area contributed by atoms with Gasteiger partial charge in [0, 0.05) is 0 Å². The molecule has 1 rings (SSSR count). The standard InChI is InChI=1S/C10H11F4NO2S/c11-7-3-1-2-4-8(7)18(16,17)9(5-6-15)10(12,13)14/h1-4,9H,5-6,15H2. The molecule has 1 aromatic carbocycles. The lowest BCUT2D eigenvalue weighted by Crippen LogP contribution is -2.38. The van der Waals surface area contributed by atoms with Crippen molar-refractivity contribution in [3.8, 4) is 0 Å². The minimum absolute atomic E-state index is 0.460. The summed E-state index contributed by atoms with van der Waals surface area (Å²) >= 11 is 0. The Hall–Kier alpha value is -1.15. The molecule has 102 valence electrons. The molecule has 1 atom stereocenters. The summed E-state index contributed by atoms with van der Waals surface area (Å²) in [4.78, 5) is -0.958. The van der Waals surface area contributed by atoms with E-state index >= 15 is 0 Å². The molecule has 3 nitrogen and oxygen atoms in total. The summed E-state index contributed by atoms with van der Waals surface area (Å²) in [6, 6.07) is 3.95. The third-order valence-corrected chi connectivity index (χ3v) is 4.51. The molecule has 0 aliphatic rings. The normalized spacial score (nSPS) is 14.5. The van der Waals surface area contributed by atoms with E-state index in [0.29, 0.717) is 0 Å². The fourth-order valence-electron chi connectivity index (χ4n) is 1.47. The lowest BCUT2D eigenvalue weighted by molar-refractivity contribution is -0.131. The van der Waals surface area contributed by atoms with E-state index in [1.165, 1.54) is 6.07 Å². The molecule has 0 spiro atoms. The molecule has 8 heteroatoms. The molecule has 0 aromatic heterocycles. The molecule has 0 aliphatic heterocycles. The maximum Gasteiger partial charge on any atom is 0.405 e. The van der Waals surface area contributed by atoms with Gasteiger partial charge in [0.2, 0.25) is 0 Å². The van der Waals surface area contributed by atoms with Gasteiger partial charge in [0.25, 0.3) is 0 Å². The molecule has 0 heterocycles. The van der Waals surface area contributed by atoms with E-state index in [0.717, 1.165) is 18.2 Å². The van der Waals surface area contributed by atoms with Gasteiger partial charge in [-0.25, -0.2) is 12.8 Å². The Morgan fingerprint density at radius 2 is 1.78 bits per heavy atom. The predicted octanol–water partition coefficient (Wildman–Crippen LogP) is 1.88. The van der Waals surface area contributed by atoms with Crippen LogP contribution in [0.1, 0.15) is 6.42 Å². The average molecular weight is 285 g/mol. The van der Waals surface area contributed by atoms with Crippen molar-refractivity contribution >= 4 is 9.84 Å². The van der Waals surface area contributed by atoms with Crippen LogP contribution < -0.4 is 5.73 Å². The van der Waals surface area contributed by atoms with Crippen LogP contribution in [0.3, 0.4) is 0 Å². The highest BCUT2D eigenvalue weighted by molar-refractivity contribution is 7.92. The first-order valence-electron chi connectivity index (χ1n) is 4.96. The number of halogens is 4. The van der Waals surface area contributed by atoms with Crippen molar-refractivity contribution in [3.63, 3.8) is 0 Å². The molecule has 0 radical (unpaired) electrons. The second-order valence-corrected chi connectivity index (χ2v) is 5.68. The average Bonchev–Trinajstić information content (AvgIpc) is 2.24. The van der Waals surface area contributed by atoms with Crippen LogP contribution in [0.5, 0.6) is 0 Å². The quantitative estimate of drug-likeness (QED) is 0.859. The first kappa shape index (κ1) is 14.9. The molecule has 1 aromatic rings. The van der Waals surface area contributed by atoms with Crippen molar-refractivity contribution in [2.45, 2.75) is 22.7 Å². The number of rotatable bonds is 4. The molecule has 2 N–H and O–H groups in total. The highest BCUT2D eigenvalue weighted by atomic mass is 32.2. The van der Waals surface area contributed by atoms with Crippen LogP contribution in [0, 0.1) is 5.82 Å². The minimum atomic E-state index is -4.99. The highest BCUT2D eigenvalue weighted by Crippen LogP contribution is 2.33. The lowest BCUT2D eigenvalue weighted by atomic mass is 10.3. The van der Waals surface area contributed by atoms with E-state index in [4.69, 9.17) is 5.73 Å². The molecule has 0 saturated carbocycles. The smallest absolute Gasteiger partial charge is 0.330 e. The zero-order valence-corrected chi connectivity index (χ0v) is 9.93. The fourth-order valence-corrected chi connectivity index (χ4v) is 3.19. The zero-order valence-electron chi connectivity index (χ0n) is 9.11. The summed E-state index contributed by atoms with van der Waals surface area (Å²) in [7, 11) is -4.83. The second-order valence-electron chi connectivity index (χ2n) is 3.58. The van der Waals surface area contributed by atoms with E-state index in [1.807, 2.05) is 0 Å². The first-order valence-corrected chi connectivity index (χ1v) is 6.51. The summed E-state index contributed by atoms with van der Waals surface area (Å²) in [6.07, 6.45) is -5.79. The Bertz CT molecular complexity index is 513. The number of alkyl halides is 3. The molecule has 18 heavy (non-hydrogen) atoms. The van der Waals surface area contributed by atoms with Gasteiger partial charge in [-0.15, -0.1) is 0 Å². The Labute approximate surface area is 102 Å². The first-order chi connectivity index (χ1) is 8.21. The lowest BCUT2D eigenvalue weighted by Gasteiger charge is -2.20. The van der Waals surface area contributed by atoms with Crippen molar-refractivity contribution in [2.24, 2.45) is 5.73 Å². The Kier molecular flexibility index (Phi) is 4.33. The maximum atomic E-state index is 13.3. The molecule has 0 aliphatic carbocycles. The van der Waals surface area contributed by atoms with E-state index in [1.54, 1.807) is 0 Å². The van der Waals surface area contributed by atoms with Crippen molar-refractivity contribution < 1.29 is 26.0 Å². The number of nitrogens with two attached hydrogens (primary N) is 1. The summed E-state index contributed by atoms with van der Waals surface area (Å²) in [5.74, 6) is -1.20. The van der Waals surface area contributed by atoms with Crippen LogP contribution in [0.2, 0.25) is 0 Å². The number of hydrogen-bond donors (Lipinski definition) is 1. The SMILES string of the molecule is NCCC(C(F)(F)F)S(=O)(=O)c1ccccc1F. The molecular weight excluding hydrogens is 274 g/mol. The zero-order chi connectivity index (χ0) is 14.0. The predicted molar refractivity (Wildman–Crippen MR) is 57.1 cm³/mol. The number of hydrogen-bond acceptors (Lipinski definition) is 3. The van der Waals surface area contributed by atoms with Crippen LogP contribution in [0.15, 0.2) is 29.2 Å². The minimum Gasteiger partial charge on any atom is -0.330 e. The van der Waals surface area contributed by atoms with Crippen LogP contribution in [-0.4, -0.2) is 26.4 Å². The van der Waals surface area contributed by atoms with E-state index < -0.39 is 44.9 Å². The summed E-state index contributed by atoms with van der Waals surface area (Å²) in [5.41, 5.74) is 4.98. The molecule has 0 fully saturated rings. The summed E-state index contributed by atoms with van der Waals surface area (Å²) < 4.78 is 74.8. The molecule has 0 bridgehead atoms. The summed E-state index contributed by atoms with van der Waals surface area (Å²) in [5, 5.41) is -2.69. The van der Waals surface area contributed by atoms with Gasteiger partial charge < -0.3 is 5.73 Å². The monoisotopic (exact) mass is 285 g/mol. The number of benzene rings is 1. The summed E-state index contributed by atoms with van der Waals surface area (Å²) in [6.45, 7) is -0.460. The fraction of sp³-hybridized carbons (Fsp3) is 0.400. The third kappa shape index (κ3) is 2.99. The van der Waals surface area contributed by atoms with Gasteiger partial charge in [0.05, 0.1) is 0 Å². The molecule has 1 unspecified atom stereocenters.